The van der Waals surface area contributed by atoms with E-state index >= 15 is 0 Å². The SMILES string of the molecule is CCN(CC)CCNC(=O)c1cccc(NC2CC2)n1. The Hall–Kier alpha value is -1.62. The highest BCUT2D eigenvalue weighted by Gasteiger charge is 2.21. The zero-order chi connectivity index (χ0) is 14.4. The number of anilines is 1. The summed E-state index contributed by atoms with van der Waals surface area (Å²) in [5.41, 5.74) is 0.482. The van der Waals surface area contributed by atoms with E-state index in [4.69, 9.17) is 0 Å². The number of nitrogens with one attached hydrogen (secondary N) is 2. The van der Waals surface area contributed by atoms with E-state index in [1.54, 1.807) is 6.07 Å². The molecule has 1 aliphatic carbocycles. The number of amides is 1. The largest absolute Gasteiger partial charge is 0.367 e. The van der Waals surface area contributed by atoms with E-state index in [0.717, 1.165) is 25.5 Å². The quantitative estimate of drug-likeness (QED) is 0.759. The van der Waals surface area contributed by atoms with Crippen LogP contribution < -0.4 is 10.6 Å². The molecule has 0 aromatic carbocycles. The molecule has 2 rings (SSSR count). The van der Waals surface area contributed by atoms with Gasteiger partial charge in [0, 0.05) is 19.1 Å². The molecular weight excluding hydrogens is 252 g/mol. The summed E-state index contributed by atoms with van der Waals surface area (Å²) in [4.78, 5) is 18.7. The Morgan fingerprint density at radius 3 is 2.75 bits per heavy atom. The van der Waals surface area contributed by atoms with Crippen LogP contribution in [0.5, 0.6) is 0 Å². The lowest BCUT2D eigenvalue weighted by molar-refractivity contribution is 0.0944. The third-order valence-corrected chi connectivity index (χ3v) is 3.52. The maximum absolute atomic E-state index is 12.0. The molecule has 1 amide bonds. The summed E-state index contributed by atoms with van der Waals surface area (Å²) in [6, 6.07) is 6.08. The topological polar surface area (TPSA) is 57.3 Å². The lowest BCUT2D eigenvalue weighted by Gasteiger charge is -2.17. The number of hydrogen-bond donors (Lipinski definition) is 2. The number of carbonyl (C=O) groups is 1. The van der Waals surface area contributed by atoms with Gasteiger partial charge in [-0.25, -0.2) is 4.98 Å². The van der Waals surface area contributed by atoms with Gasteiger partial charge in [-0.2, -0.15) is 0 Å². The molecule has 2 N–H and O–H groups in total. The van der Waals surface area contributed by atoms with E-state index in [1.165, 1.54) is 12.8 Å². The Balaban J connectivity index is 1.82. The van der Waals surface area contributed by atoms with Crippen LogP contribution in [0.15, 0.2) is 18.2 Å². The van der Waals surface area contributed by atoms with Crippen molar-refractivity contribution in [2.75, 3.05) is 31.5 Å². The van der Waals surface area contributed by atoms with Crippen LogP contribution in [0.25, 0.3) is 0 Å². The molecule has 0 unspecified atom stereocenters. The zero-order valence-electron chi connectivity index (χ0n) is 12.4. The molecular formula is C15H24N4O. The van der Waals surface area contributed by atoms with E-state index in [0.29, 0.717) is 18.3 Å². The minimum Gasteiger partial charge on any atom is -0.367 e. The Bertz CT molecular complexity index is 441. The maximum atomic E-state index is 12.0. The van der Waals surface area contributed by atoms with E-state index in [9.17, 15) is 4.79 Å². The molecule has 0 spiro atoms. The molecule has 5 nitrogen and oxygen atoms in total. The Labute approximate surface area is 120 Å². The van der Waals surface area contributed by atoms with Crippen molar-refractivity contribution < 1.29 is 4.79 Å². The normalized spacial score (nSPS) is 14.3. The predicted octanol–water partition coefficient (Wildman–Crippen LogP) is 1.73. The van der Waals surface area contributed by atoms with Gasteiger partial charge < -0.3 is 15.5 Å². The summed E-state index contributed by atoms with van der Waals surface area (Å²) in [5, 5.41) is 6.23. The van der Waals surface area contributed by atoms with Crippen LogP contribution in [0.1, 0.15) is 37.2 Å². The minimum absolute atomic E-state index is 0.100. The summed E-state index contributed by atoms with van der Waals surface area (Å²) in [6.45, 7) is 7.79. The maximum Gasteiger partial charge on any atom is 0.270 e. The second kappa shape index (κ2) is 7.24. The number of nitrogens with zero attached hydrogens (tertiary/aromatic N) is 2. The monoisotopic (exact) mass is 276 g/mol. The van der Waals surface area contributed by atoms with Gasteiger partial charge in [0.2, 0.25) is 0 Å². The molecule has 1 aliphatic rings. The van der Waals surface area contributed by atoms with E-state index < -0.39 is 0 Å². The van der Waals surface area contributed by atoms with E-state index in [-0.39, 0.29) is 5.91 Å². The average Bonchev–Trinajstić information content (AvgIpc) is 3.27. The summed E-state index contributed by atoms with van der Waals surface area (Å²) in [7, 11) is 0. The van der Waals surface area contributed by atoms with Crippen LogP contribution in [0.4, 0.5) is 5.82 Å². The Morgan fingerprint density at radius 2 is 2.10 bits per heavy atom. The van der Waals surface area contributed by atoms with Crippen LogP contribution >= 0.6 is 0 Å². The molecule has 0 bridgehead atoms. The Kier molecular flexibility index (Phi) is 5.35. The number of pyridine rings is 1. The molecule has 0 atom stereocenters. The number of hydrogen-bond acceptors (Lipinski definition) is 4. The highest BCUT2D eigenvalue weighted by atomic mass is 16.1. The summed E-state index contributed by atoms with van der Waals surface area (Å²) < 4.78 is 0. The standard InChI is InChI=1S/C15H24N4O/c1-3-19(4-2)11-10-16-15(20)13-6-5-7-14(18-13)17-12-8-9-12/h5-7,12H,3-4,8-11H2,1-2H3,(H,16,20)(H,17,18). The molecule has 110 valence electrons. The molecule has 1 saturated carbocycles. The van der Waals surface area contributed by atoms with Crippen LogP contribution in [-0.4, -0.2) is 48.0 Å². The van der Waals surface area contributed by atoms with Crippen molar-refractivity contribution in [3.05, 3.63) is 23.9 Å². The van der Waals surface area contributed by atoms with Crippen LogP contribution in [-0.2, 0) is 0 Å². The summed E-state index contributed by atoms with van der Waals surface area (Å²) >= 11 is 0. The second-order valence-corrected chi connectivity index (χ2v) is 5.11. The van der Waals surface area contributed by atoms with Gasteiger partial charge in [-0.3, -0.25) is 4.79 Å². The summed E-state index contributed by atoms with van der Waals surface area (Å²) in [6.07, 6.45) is 2.39. The van der Waals surface area contributed by atoms with Crippen molar-refractivity contribution in [1.29, 1.82) is 0 Å². The highest BCUT2D eigenvalue weighted by molar-refractivity contribution is 5.92. The fraction of sp³-hybridized carbons (Fsp3) is 0.600. The van der Waals surface area contributed by atoms with Gasteiger partial charge in [0.05, 0.1) is 0 Å². The fourth-order valence-electron chi connectivity index (χ4n) is 2.04. The molecule has 0 saturated heterocycles. The average molecular weight is 276 g/mol. The lowest BCUT2D eigenvalue weighted by Crippen LogP contribution is -2.35. The van der Waals surface area contributed by atoms with Crippen molar-refractivity contribution >= 4 is 11.7 Å². The first kappa shape index (κ1) is 14.8. The molecule has 1 heterocycles. The smallest absolute Gasteiger partial charge is 0.270 e. The molecule has 1 aromatic rings. The van der Waals surface area contributed by atoms with Gasteiger partial charge in [0.1, 0.15) is 11.5 Å². The first-order valence-electron chi connectivity index (χ1n) is 7.47. The molecule has 5 heteroatoms. The van der Waals surface area contributed by atoms with E-state index in [2.05, 4.69) is 34.4 Å². The number of aromatic nitrogens is 1. The van der Waals surface area contributed by atoms with Gasteiger partial charge in [-0.15, -0.1) is 0 Å². The van der Waals surface area contributed by atoms with Crippen molar-refractivity contribution in [2.24, 2.45) is 0 Å². The second-order valence-electron chi connectivity index (χ2n) is 5.11. The molecule has 1 fully saturated rings. The van der Waals surface area contributed by atoms with Crippen molar-refractivity contribution in [3.8, 4) is 0 Å². The van der Waals surface area contributed by atoms with Gasteiger partial charge in [-0.1, -0.05) is 19.9 Å². The van der Waals surface area contributed by atoms with Gasteiger partial charge in [0.25, 0.3) is 5.91 Å². The molecule has 0 aliphatic heterocycles. The van der Waals surface area contributed by atoms with Crippen molar-refractivity contribution in [3.63, 3.8) is 0 Å². The Morgan fingerprint density at radius 1 is 1.35 bits per heavy atom. The van der Waals surface area contributed by atoms with Crippen LogP contribution in [0.2, 0.25) is 0 Å². The van der Waals surface area contributed by atoms with Crippen molar-refractivity contribution in [2.45, 2.75) is 32.7 Å². The van der Waals surface area contributed by atoms with Crippen molar-refractivity contribution in [1.82, 2.24) is 15.2 Å². The summed E-state index contributed by atoms with van der Waals surface area (Å²) in [5.74, 6) is 0.695. The third kappa shape index (κ3) is 4.49. The number of carbonyl (C=O) groups excluding carboxylic acids is 1. The third-order valence-electron chi connectivity index (χ3n) is 3.52. The zero-order valence-corrected chi connectivity index (χ0v) is 12.4. The lowest BCUT2D eigenvalue weighted by atomic mass is 10.3. The van der Waals surface area contributed by atoms with Gasteiger partial charge >= 0.3 is 0 Å². The van der Waals surface area contributed by atoms with Gasteiger partial charge in [0.15, 0.2) is 0 Å². The van der Waals surface area contributed by atoms with Crippen LogP contribution in [0.3, 0.4) is 0 Å². The first-order valence-corrected chi connectivity index (χ1v) is 7.47. The first-order chi connectivity index (χ1) is 9.72. The molecule has 0 radical (unpaired) electrons. The van der Waals surface area contributed by atoms with Gasteiger partial charge in [-0.05, 0) is 38.1 Å². The minimum atomic E-state index is -0.100. The number of rotatable bonds is 8. The fourth-order valence-corrected chi connectivity index (χ4v) is 2.04. The predicted molar refractivity (Wildman–Crippen MR) is 81.0 cm³/mol. The number of likely N-dealkylation sites (N-methyl/N-ethyl adjacent to an activating group) is 1. The highest BCUT2D eigenvalue weighted by Crippen LogP contribution is 2.23. The molecule has 20 heavy (non-hydrogen) atoms. The molecule has 1 aromatic heterocycles. The van der Waals surface area contributed by atoms with E-state index in [1.807, 2.05) is 12.1 Å². The van der Waals surface area contributed by atoms with Crippen LogP contribution in [0, 0.1) is 0 Å².